The van der Waals surface area contributed by atoms with E-state index in [1.54, 1.807) is 6.92 Å². The van der Waals surface area contributed by atoms with Crippen LogP contribution >= 0.6 is 11.6 Å². The minimum Gasteiger partial charge on any atom is -0.489 e. The monoisotopic (exact) mass is 448 g/mol. The lowest BCUT2D eigenvalue weighted by molar-refractivity contribution is -0.122. The van der Waals surface area contributed by atoms with Crippen molar-refractivity contribution in [1.82, 2.24) is 15.3 Å². The van der Waals surface area contributed by atoms with Gasteiger partial charge >= 0.3 is 0 Å². The number of aliphatic hydroxyl groups is 1. The minimum atomic E-state index is -0.616. The maximum Gasteiger partial charge on any atom is 0.238 e. The van der Waals surface area contributed by atoms with Crippen LogP contribution in [0.5, 0.6) is 11.6 Å². The van der Waals surface area contributed by atoms with Gasteiger partial charge in [-0.3, -0.25) is 4.79 Å². The van der Waals surface area contributed by atoms with Gasteiger partial charge in [-0.2, -0.15) is 0 Å². The van der Waals surface area contributed by atoms with Gasteiger partial charge in [0.25, 0.3) is 0 Å². The number of anilines is 1. The van der Waals surface area contributed by atoms with Crippen molar-refractivity contribution in [2.75, 3.05) is 31.1 Å². The molecule has 0 aliphatic carbocycles. The molecule has 1 saturated heterocycles. The number of benzene rings is 1. The van der Waals surface area contributed by atoms with E-state index in [0.717, 1.165) is 24.3 Å². The standard InChI is InChI=1S/C22H29ClN4O4/c1-4-24-21(29)15(3)16-5-7-17(8-6-16)31-18-9-10-27(11-18)20-19(23)22(26-13-25-20)30-12-14(2)28/h5-8,13-15,18,28H,4,9-12H2,1-3H3,(H,24,29). The molecule has 0 spiro atoms. The van der Waals surface area contributed by atoms with Crippen molar-refractivity contribution in [3.05, 3.63) is 41.2 Å². The third kappa shape index (κ3) is 5.98. The van der Waals surface area contributed by atoms with Crippen molar-refractivity contribution < 1.29 is 19.4 Å². The molecule has 168 valence electrons. The fourth-order valence-electron chi connectivity index (χ4n) is 3.39. The van der Waals surface area contributed by atoms with Crippen molar-refractivity contribution in [3.8, 4) is 11.6 Å². The number of amides is 1. The molecule has 0 bridgehead atoms. The Balaban J connectivity index is 1.59. The average molecular weight is 449 g/mol. The molecule has 2 aromatic rings. The predicted octanol–water partition coefficient (Wildman–Crippen LogP) is 2.79. The van der Waals surface area contributed by atoms with E-state index in [2.05, 4.69) is 15.3 Å². The average Bonchev–Trinajstić information content (AvgIpc) is 3.21. The zero-order chi connectivity index (χ0) is 22.4. The van der Waals surface area contributed by atoms with Crippen molar-refractivity contribution in [2.24, 2.45) is 0 Å². The lowest BCUT2D eigenvalue weighted by atomic mass is 10.0. The molecule has 1 aromatic heterocycles. The number of rotatable bonds is 9. The Labute approximate surface area is 187 Å². The number of likely N-dealkylation sites (N-methyl/N-ethyl adjacent to an activating group) is 1. The second kappa shape index (κ2) is 10.6. The van der Waals surface area contributed by atoms with Crippen LogP contribution in [0.15, 0.2) is 30.6 Å². The van der Waals surface area contributed by atoms with E-state index < -0.39 is 6.10 Å². The molecule has 31 heavy (non-hydrogen) atoms. The summed E-state index contributed by atoms with van der Waals surface area (Å²) in [6, 6.07) is 7.64. The fraction of sp³-hybridized carbons (Fsp3) is 0.500. The molecule has 1 aliphatic rings. The summed E-state index contributed by atoms with van der Waals surface area (Å²) in [5.74, 6) is 1.42. The molecule has 1 fully saturated rings. The first-order valence-electron chi connectivity index (χ1n) is 10.5. The molecular weight excluding hydrogens is 420 g/mol. The van der Waals surface area contributed by atoms with E-state index in [-0.39, 0.29) is 30.4 Å². The summed E-state index contributed by atoms with van der Waals surface area (Å²) in [5.41, 5.74) is 0.948. The van der Waals surface area contributed by atoms with Gasteiger partial charge in [-0.05, 0) is 38.5 Å². The smallest absolute Gasteiger partial charge is 0.238 e. The number of hydrogen-bond acceptors (Lipinski definition) is 7. The zero-order valence-corrected chi connectivity index (χ0v) is 18.8. The molecule has 1 aliphatic heterocycles. The van der Waals surface area contributed by atoms with Gasteiger partial charge in [0.2, 0.25) is 11.8 Å². The maximum atomic E-state index is 12.0. The number of hydrogen-bond donors (Lipinski definition) is 2. The number of nitrogens with one attached hydrogen (secondary N) is 1. The number of ether oxygens (including phenoxy) is 2. The topological polar surface area (TPSA) is 96.8 Å². The molecule has 8 nitrogen and oxygen atoms in total. The van der Waals surface area contributed by atoms with Crippen LogP contribution in [0.4, 0.5) is 5.82 Å². The molecule has 9 heteroatoms. The van der Waals surface area contributed by atoms with Crippen LogP contribution in [0.2, 0.25) is 5.02 Å². The molecule has 2 heterocycles. The number of halogens is 1. The van der Waals surface area contributed by atoms with E-state index in [9.17, 15) is 9.90 Å². The van der Waals surface area contributed by atoms with E-state index in [1.807, 2.05) is 43.0 Å². The molecule has 0 saturated carbocycles. The molecule has 2 N–H and O–H groups in total. The van der Waals surface area contributed by atoms with Crippen LogP contribution in [0.25, 0.3) is 0 Å². The van der Waals surface area contributed by atoms with Gasteiger partial charge in [-0.25, -0.2) is 9.97 Å². The number of carbonyl (C=O) groups is 1. The van der Waals surface area contributed by atoms with Crippen LogP contribution in [-0.4, -0.2) is 59.4 Å². The van der Waals surface area contributed by atoms with E-state index >= 15 is 0 Å². The van der Waals surface area contributed by atoms with Crippen LogP contribution < -0.4 is 19.7 Å². The van der Waals surface area contributed by atoms with E-state index in [0.29, 0.717) is 23.9 Å². The summed E-state index contributed by atoms with van der Waals surface area (Å²) in [4.78, 5) is 22.4. The highest BCUT2D eigenvalue weighted by Crippen LogP contribution is 2.33. The lowest BCUT2D eigenvalue weighted by Crippen LogP contribution is -2.27. The second-order valence-corrected chi connectivity index (χ2v) is 8.01. The Morgan fingerprint density at radius 1 is 1.32 bits per heavy atom. The molecule has 1 amide bonds. The molecule has 3 atom stereocenters. The van der Waals surface area contributed by atoms with Crippen LogP contribution in [-0.2, 0) is 4.79 Å². The summed E-state index contributed by atoms with van der Waals surface area (Å²) in [6.07, 6.45) is 1.59. The summed E-state index contributed by atoms with van der Waals surface area (Å²) in [5, 5.41) is 12.6. The molecule has 3 unspecified atom stereocenters. The van der Waals surface area contributed by atoms with Gasteiger partial charge in [0.05, 0.1) is 18.6 Å². The Morgan fingerprint density at radius 2 is 2.06 bits per heavy atom. The van der Waals surface area contributed by atoms with Crippen molar-refractivity contribution in [3.63, 3.8) is 0 Å². The van der Waals surface area contributed by atoms with Gasteiger partial charge in [0, 0.05) is 19.5 Å². The van der Waals surface area contributed by atoms with Crippen LogP contribution in [0.1, 0.15) is 38.7 Å². The van der Waals surface area contributed by atoms with Crippen molar-refractivity contribution in [2.45, 2.75) is 45.3 Å². The SMILES string of the molecule is CCNC(=O)C(C)c1ccc(OC2CCN(c3ncnc(OCC(C)O)c3Cl)C2)cc1. The largest absolute Gasteiger partial charge is 0.489 e. The molecule has 0 radical (unpaired) electrons. The fourth-order valence-corrected chi connectivity index (χ4v) is 3.66. The number of carbonyl (C=O) groups excluding carboxylic acids is 1. The third-order valence-electron chi connectivity index (χ3n) is 5.07. The van der Waals surface area contributed by atoms with Crippen LogP contribution in [0.3, 0.4) is 0 Å². The van der Waals surface area contributed by atoms with E-state index in [1.165, 1.54) is 6.33 Å². The zero-order valence-electron chi connectivity index (χ0n) is 18.0. The van der Waals surface area contributed by atoms with Crippen molar-refractivity contribution >= 4 is 23.3 Å². The second-order valence-electron chi connectivity index (χ2n) is 7.64. The Morgan fingerprint density at radius 3 is 2.74 bits per heavy atom. The summed E-state index contributed by atoms with van der Waals surface area (Å²) in [6.45, 7) is 7.52. The van der Waals surface area contributed by atoms with E-state index in [4.69, 9.17) is 21.1 Å². The minimum absolute atomic E-state index is 0.0143. The van der Waals surface area contributed by atoms with Gasteiger partial charge in [-0.15, -0.1) is 0 Å². The van der Waals surface area contributed by atoms with Gasteiger partial charge < -0.3 is 24.8 Å². The third-order valence-corrected chi connectivity index (χ3v) is 5.40. The Bertz CT molecular complexity index is 878. The normalized spacial score (nSPS) is 17.8. The van der Waals surface area contributed by atoms with Gasteiger partial charge in [0.15, 0.2) is 5.82 Å². The lowest BCUT2D eigenvalue weighted by Gasteiger charge is -2.20. The highest BCUT2D eigenvalue weighted by molar-refractivity contribution is 6.34. The van der Waals surface area contributed by atoms with Crippen LogP contribution in [0, 0.1) is 0 Å². The molecular formula is C22H29ClN4O4. The van der Waals surface area contributed by atoms with Gasteiger partial charge in [0.1, 0.15) is 29.8 Å². The summed E-state index contributed by atoms with van der Waals surface area (Å²) >= 11 is 6.43. The number of aliphatic hydroxyl groups excluding tert-OH is 1. The Kier molecular flexibility index (Phi) is 7.92. The predicted molar refractivity (Wildman–Crippen MR) is 119 cm³/mol. The molecule has 3 rings (SSSR count). The first-order chi connectivity index (χ1) is 14.9. The highest BCUT2D eigenvalue weighted by Gasteiger charge is 2.28. The maximum absolute atomic E-state index is 12.0. The van der Waals surface area contributed by atoms with Crippen molar-refractivity contribution in [1.29, 1.82) is 0 Å². The number of aromatic nitrogens is 2. The highest BCUT2D eigenvalue weighted by atomic mass is 35.5. The Hall–Kier alpha value is -2.58. The first-order valence-corrected chi connectivity index (χ1v) is 10.9. The summed E-state index contributed by atoms with van der Waals surface area (Å²) in [7, 11) is 0. The molecule has 1 aromatic carbocycles. The number of nitrogens with zero attached hydrogens (tertiary/aromatic N) is 3. The summed E-state index contributed by atoms with van der Waals surface area (Å²) < 4.78 is 11.6. The first kappa shape index (κ1) is 23.1. The quantitative estimate of drug-likeness (QED) is 0.608. The van der Waals surface area contributed by atoms with Gasteiger partial charge in [-0.1, -0.05) is 23.7 Å².